The quantitative estimate of drug-likeness (QED) is 0.756. The number of fused-ring (bicyclic) bond motifs is 1. The van der Waals surface area contributed by atoms with E-state index in [1.165, 1.54) is 0 Å². The van der Waals surface area contributed by atoms with Crippen LogP contribution in [0.15, 0.2) is 54.7 Å². The second-order valence-corrected chi connectivity index (χ2v) is 7.22. The van der Waals surface area contributed by atoms with E-state index in [9.17, 15) is 4.79 Å². The van der Waals surface area contributed by atoms with Crippen LogP contribution in [0.1, 0.15) is 34.8 Å². The number of ether oxygens (including phenoxy) is 2. The maximum Gasteiger partial charge on any atom is 0.254 e. The number of amides is 1. The fraction of sp³-hybridized carbons (Fsp3) is 0.273. The summed E-state index contributed by atoms with van der Waals surface area (Å²) in [4.78, 5) is 15.0. The Bertz CT molecular complexity index is 999. The number of hydrogen-bond donors (Lipinski definition) is 1. The second kappa shape index (κ2) is 7.03. The third-order valence-corrected chi connectivity index (χ3v) is 5.49. The zero-order valence-electron chi connectivity index (χ0n) is 15.4. The Kier molecular flexibility index (Phi) is 4.24. The van der Waals surface area contributed by atoms with E-state index in [2.05, 4.69) is 22.3 Å². The van der Waals surface area contributed by atoms with Gasteiger partial charge in [0, 0.05) is 35.8 Å². The van der Waals surface area contributed by atoms with E-state index in [-0.39, 0.29) is 18.6 Å². The lowest BCUT2D eigenvalue weighted by Crippen LogP contribution is -2.39. The Labute approximate surface area is 163 Å². The average molecular weight is 375 g/mol. The molecule has 2 aliphatic rings. The van der Waals surface area contributed by atoms with Gasteiger partial charge in [-0.25, -0.2) is 0 Å². The fourth-order valence-corrected chi connectivity index (χ4v) is 4.06. The smallest absolute Gasteiger partial charge is 0.254 e. The largest absolute Gasteiger partial charge is 0.454 e. The molecule has 28 heavy (non-hydrogen) atoms. The molecule has 3 aromatic rings. The van der Waals surface area contributed by atoms with Crippen molar-refractivity contribution in [2.24, 2.45) is 0 Å². The molecule has 0 aliphatic carbocycles. The van der Waals surface area contributed by atoms with Gasteiger partial charge in [0.2, 0.25) is 6.79 Å². The molecule has 1 amide bonds. The van der Waals surface area contributed by atoms with Crippen LogP contribution in [0, 0.1) is 0 Å². The molecule has 0 unspecified atom stereocenters. The Morgan fingerprint density at radius 1 is 1.11 bits per heavy atom. The first-order chi connectivity index (χ1) is 13.8. The number of carbonyl (C=O) groups is 1. The van der Waals surface area contributed by atoms with Crippen molar-refractivity contribution < 1.29 is 14.3 Å². The van der Waals surface area contributed by atoms with Crippen LogP contribution in [-0.2, 0) is 0 Å². The van der Waals surface area contributed by atoms with Gasteiger partial charge in [0.15, 0.2) is 11.5 Å². The molecule has 0 spiro atoms. The molecule has 142 valence electrons. The minimum absolute atomic E-state index is 0.0313. The van der Waals surface area contributed by atoms with E-state index in [0.717, 1.165) is 36.2 Å². The molecular formula is C22H21N3O3. The lowest BCUT2D eigenvalue weighted by molar-refractivity contribution is 0.0705. The Morgan fingerprint density at radius 3 is 2.86 bits per heavy atom. The van der Waals surface area contributed by atoms with E-state index in [1.54, 1.807) is 12.1 Å². The van der Waals surface area contributed by atoms with Crippen LogP contribution in [-0.4, -0.2) is 40.9 Å². The van der Waals surface area contributed by atoms with E-state index >= 15 is 0 Å². The summed E-state index contributed by atoms with van der Waals surface area (Å²) in [6.07, 6.45) is 3.88. The molecule has 5 rings (SSSR count). The molecule has 1 N–H and O–H groups in total. The molecule has 1 atom stereocenters. The number of nitrogens with one attached hydrogen (secondary N) is 1. The van der Waals surface area contributed by atoms with Crippen LogP contribution >= 0.6 is 0 Å². The number of hydrogen-bond acceptors (Lipinski definition) is 4. The van der Waals surface area contributed by atoms with Crippen molar-refractivity contribution in [1.82, 2.24) is 15.1 Å². The summed E-state index contributed by atoms with van der Waals surface area (Å²) in [7, 11) is 0. The maximum absolute atomic E-state index is 13.1. The highest BCUT2D eigenvalue weighted by molar-refractivity contribution is 5.95. The number of H-pyrrole nitrogens is 1. The topological polar surface area (TPSA) is 67.5 Å². The zero-order chi connectivity index (χ0) is 18.9. The van der Waals surface area contributed by atoms with Crippen molar-refractivity contribution in [2.75, 3.05) is 19.9 Å². The number of nitrogens with zero attached hydrogens (tertiary/aromatic N) is 2. The van der Waals surface area contributed by atoms with Crippen LogP contribution in [0.4, 0.5) is 0 Å². The van der Waals surface area contributed by atoms with Crippen LogP contribution in [0.25, 0.3) is 11.1 Å². The predicted molar refractivity (Wildman–Crippen MR) is 104 cm³/mol. The third kappa shape index (κ3) is 3.01. The Hall–Kier alpha value is -3.28. The molecule has 1 aromatic heterocycles. The molecule has 0 bridgehead atoms. The normalized spacial score (nSPS) is 18.3. The SMILES string of the molecule is O=C(c1ccc2c(c1)OCO2)N1CCC[C@@H](c2[nH]ncc2-c2ccccc2)C1. The molecule has 0 saturated carbocycles. The molecule has 6 nitrogen and oxygen atoms in total. The van der Waals surface area contributed by atoms with Crippen molar-refractivity contribution in [2.45, 2.75) is 18.8 Å². The van der Waals surface area contributed by atoms with E-state index in [0.29, 0.717) is 23.6 Å². The number of carbonyl (C=O) groups excluding carboxylic acids is 1. The standard InChI is InChI=1S/C22H21N3O3/c26-22(16-8-9-19-20(11-16)28-14-27-19)25-10-4-7-17(13-25)21-18(12-23-24-21)15-5-2-1-3-6-15/h1-3,5-6,8-9,11-12,17H,4,7,10,13-14H2,(H,23,24)/t17-/m1/s1. The van der Waals surface area contributed by atoms with Gasteiger partial charge in [0.1, 0.15) is 0 Å². The maximum atomic E-state index is 13.1. The van der Waals surface area contributed by atoms with Gasteiger partial charge in [-0.15, -0.1) is 0 Å². The summed E-state index contributed by atoms with van der Waals surface area (Å²) in [5, 5.41) is 7.46. The van der Waals surface area contributed by atoms with Gasteiger partial charge in [-0.3, -0.25) is 9.89 Å². The number of aromatic amines is 1. The van der Waals surface area contributed by atoms with Crippen LogP contribution in [0.2, 0.25) is 0 Å². The van der Waals surface area contributed by atoms with Crippen LogP contribution < -0.4 is 9.47 Å². The fourth-order valence-electron chi connectivity index (χ4n) is 4.06. The highest BCUT2D eigenvalue weighted by atomic mass is 16.7. The van der Waals surface area contributed by atoms with Crippen molar-refractivity contribution >= 4 is 5.91 Å². The Balaban J connectivity index is 1.37. The molecule has 0 radical (unpaired) electrons. The molecule has 2 aromatic carbocycles. The van der Waals surface area contributed by atoms with Gasteiger partial charge in [-0.05, 0) is 36.6 Å². The first-order valence-electron chi connectivity index (χ1n) is 9.57. The average Bonchev–Trinajstić information content (AvgIpc) is 3.43. The van der Waals surface area contributed by atoms with Gasteiger partial charge in [-0.2, -0.15) is 5.10 Å². The van der Waals surface area contributed by atoms with E-state index in [4.69, 9.17) is 9.47 Å². The molecule has 1 fully saturated rings. The summed E-state index contributed by atoms with van der Waals surface area (Å²) in [5.74, 6) is 1.60. The summed E-state index contributed by atoms with van der Waals surface area (Å²) in [5.41, 5.74) is 4.00. The third-order valence-electron chi connectivity index (χ3n) is 5.49. The van der Waals surface area contributed by atoms with Gasteiger partial charge in [-0.1, -0.05) is 30.3 Å². The van der Waals surface area contributed by atoms with Crippen molar-refractivity contribution in [3.63, 3.8) is 0 Å². The van der Waals surface area contributed by atoms with Crippen molar-refractivity contribution in [1.29, 1.82) is 0 Å². The lowest BCUT2D eigenvalue weighted by atomic mass is 9.90. The van der Waals surface area contributed by atoms with Gasteiger partial charge < -0.3 is 14.4 Å². The number of aromatic nitrogens is 2. The zero-order valence-corrected chi connectivity index (χ0v) is 15.4. The summed E-state index contributed by atoms with van der Waals surface area (Å²) in [6, 6.07) is 15.6. The molecular weight excluding hydrogens is 354 g/mol. The number of likely N-dealkylation sites (tertiary alicyclic amines) is 1. The first kappa shape index (κ1) is 16.9. The highest BCUT2D eigenvalue weighted by Gasteiger charge is 2.29. The minimum Gasteiger partial charge on any atom is -0.454 e. The number of rotatable bonds is 3. The van der Waals surface area contributed by atoms with E-state index in [1.807, 2.05) is 35.4 Å². The summed E-state index contributed by atoms with van der Waals surface area (Å²) in [6.45, 7) is 1.65. The summed E-state index contributed by atoms with van der Waals surface area (Å²) >= 11 is 0. The second-order valence-electron chi connectivity index (χ2n) is 7.22. The monoisotopic (exact) mass is 375 g/mol. The van der Waals surface area contributed by atoms with Gasteiger partial charge in [0.05, 0.1) is 6.20 Å². The lowest BCUT2D eigenvalue weighted by Gasteiger charge is -2.33. The molecule has 1 saturated heterocycles. The van der Waals surface area contributed by atoms with Crippen LogP contribution in [0.5, 0.6) is 11.5 Å². The molecule has 3 heterocycles. The minimum atomic E-state index is 0.0313. The van der Waals surface area contributed by atoms with Gasteiger partial charge in [0.25, 0.3) is 5.91 Å². The van der Waals surface area contributed by atoms with Crippen molar-refractivity contribution in [3.8, 4) is 22.6 Å². The van der Waals surface area contributed by atoms with E-state index < -0.39 is 0 Å². The highest BCUT2D eigenvalue weighted by Crippen LogP contribution is 2.35. The first-order valence-corrected chi connectivity index (χ1v) is 9.57. The van der Waals surface area contributed by atoms with Crippen LogP contribution in [0.3, 0.4) is 0 Å². The molecule has 6 heteroatoms. The van der Waals surface area contributed by atoms with Gasteiger partial charge >= 0.3 is 0 Å². The summed E-state index contributed by atoms with van der Waals surface area (Å²) < 4.78 is 10.8. The number of benzene rings is 2. The molecule has 2 aliphatic heterocycles. The van der Waals surface area contributed by atoms with Crippen molar-refractivity contribution in [3.05, 3.63) is 66.0 Å². The number of piperidine rings is 1. The Morgan fingerprint density at radius 2 is 1.96 bits per heavy atom. The predicted octanol–water partition coefficient (Wildman–Crippen LogP) is 3.83.